The molecule has 1 atom stereocenters. The topological polar surface area (TPSA) is 20.2 Å². The summed E-state index contributed by atoms with van der Waals surface area (Å²) in [5, 5.41) is 10.7. The van der Waals surface area contributed by atoms with Crippen LogP contribution in [0.15, 0.2) is 54.6 Å². The van der Waals surface area contributed by atoms with Crippen LogP contribution in [0, 0.1) is 0 Å². The fourth-order valence-electron chi connectivity index (χ4n) is 2.49. The van der Waals surface area contributed by atoms with Crippen molar-refractivity contribution in [3.63, 3.8) is 0 Å². The Balaban J connectivity index is 2.38. The van der Waals surface area contributed by atoms with Gasteiger partial charge in [-0.15, -0.1) is 0 Å². The van der Waals surface area contributed by atoms with Crippen LogP contribution in [0.4, 0.5) is 0 Å². The van der Waals surface area contributed by atoms with Crippen molar-refractivity contribution in [3.05, 3.63) is 70.7 Å². The summed E-state index contributed by atoms with van der Waals surface area (Å²) in [5.74, 6) is 0. The minimum Gasteiger partial charge on any atom is -0.395 e. The van der Waals surface area contributed by atoms with E-state index >= 15 is 0 Å². The molecule has 2 aromatic rings. The fraction of sp³-hybridized carbons (Fsp3) is 0.294. The molecule has 0 saturated heterocycles. The van der Waals surface area contributed by atoms with Crippen LogP contribution in [0.3, 0.4) is 0 Å². The summed E-state index contributed by atoms with van der Waals surface area (Å²) in [7, 11) is 0. The zero-order valence-corrected chi connectivity index (χ0v) is 11.9. The zero-order valence-electron chi connectivity index (χ0n) is 11.1. The molecule has 0 spiro atoms. The number of benzene rings is 2. The summed E-state index contributed by atoms with van der Waals surface area (Å²) in [4.78, 5) is 0. The van der Waals surface area contributed by atoms with Gasteiger partial charge in [0, 0.05) is 10.4 Å². The van der Waals surface area contributed by atoms with Gasteiger partial charge in [0.1, 0.15) is 0 Å². The van der Waals surface area contributed by atoms with Gasteiger partial charge in [-0.25, -0.2) is 0 Å². The first kappa shape index (κ1) is 14.1. The summed E-state index contributed by atoms with van der Waals surface area (Å²) in [6.45, 7) is 2.23. The smallest absolute Gasteiger partial charge is 0.0531 e. The second-order valence-corrected chi connectivity index (χ2v) is 5.33. The Hall–Kier alpha value is -1.31. The first-order valence-corrected chi connectivity index (χ1v) is 6.99. The summed E-state index contributed by atoms with van der Waals surface area (Å²) in [6, 6.07) is 18.0. The van der Waals surface area contributed by atoms with Gasteiger partial charge >= 0.3 is 0 Å². The predicted molar refractivity (Wildman–Crippen MR) is 80.7 cm³/mol. The lowest BCUT2D eigenvalue weighted by atomic mass is 9.74. The minimum atomic E-state index is -0.258. The van der Waals surface area contributed by atoms with Gasteiger partial charge in [0.25, 0.3) is 0 Å². The highest BCUT2D eigenvalue weighted by Gasteiger charge is 2.30. The molecule has 2 aromatic carbocycles. The molecule has 0 aliphatic carbocycles. The third-order valence-corrected chi connectivity index (χ3v) is 4.22. The van der Waals surface area contributed by atoms with Gasteiger partial charge in [-0.3, -0.25) is 0 Å². The lowest BCUT2D eigenvalue weighted by molar-refractivity contribution is 0.186. The highest BCUT2D eigenvalue weighted by atomic mass is 35.5. The van der Waals surface area contributed by atoms with E-state index in [0.717, 1.165) is 23.4 Å². The Morgan fingerprint density at radius 3 is 2.21 bits per heavy atom. The highest BCUT2D eigenvalue weighted by Crippen LogP contribution is 2.33. The monoisotopic (exact) mass is 274 g/mol. The maximum absolute atomic E-state index is 9.94. The minimum absolute atomic E-state index is 0.124. The van der Waals surface area contributed by atoms with E-state index in [1.165, 1.54) is 5.56 Å². The SMILES string of the molecule is CCC(CO)(Cc1ccccc1Cl)c1ccccc1. The molecule has 0 amide bonds. The van der Waals surface area contributed by atoms with Gasteiger partial charge in [-0.1, -0.05) is 67.1 Å². The molecule has 0 fully saturated rings. The van der Waals surface area contributed by atoms with Crippen molar-refractivity contribution in [3.8, 4) is 0 Å². The van der Waals surface area contributed by atoms with E-state index in [2.05, 4.69) is 19.1 Å². The maximum atomic E-state index is 9.94. The first-order chi connectivity index (χ1) is 9.22. The molecular formula is C17H19ClO. The zero-order chi connectivity index (χ0) is 13.7. The molecule has 1 N–H and O–H groups in total. The standard InChI is InChI=1S/C17H19ClO/c1-2-17(13-19,15-9-4-3-5-10-15)12-14-8-6-7-11-16(14)18/h3-11,19H,2,12-13H2,1H3. The molecule has 100 valence electrons. The maximum Gasteiger partial charge on any atom is 0.0531 e. The summed E-state index contributed by atoms with van der Waals surface area (Å²) in [5.41, 5.74) is 2.00. The Kier molecular flexibility index (Phi) is 4.62. The quantitative estimate of drug-likeness (QED) is 0.865. The predicted octanol–water partition coefficient (Wildman–Crippen LogP) is 4.22. The van der Waals surface area contributed by atoms with Crippen LogP contribution in [-0.4, -0.2) is 11.7 Å². The van der Waals surface area contributed by atoms with Crippen molar-refractivity contribution in [2.24, 2.45) is 0 Å². The lowest BCUT2D eigenvalue weighted by Crippen LogP contribution is -2.32. The molecule has 1 unspecified atom stereocenters. The van der Waals surface area contributed by atoms with Crippen molar-refractivity contribution >= 4 is 11.6 Å². The molecule has 0 aliphatic heterocycles. The van der Waals surface area contributed by atoms with Crippen molar-refractivity contribution in [1.82, 2.24) is 0 Å². The number of halogens is 1. The van der Waals surface area contributed by atoms with Crippen LogP contribution in [0.2, 0.25) is 5.02 Å². The van der Waals surface area contributed by atoms with Gasteiger partial charge in [0.15, 0.2) is 0 Å². The Morgan fingerprint density at radius 2 is 1.63 bits per heavy atom. The molecule has 0 saturated carbocycles. The molecular weight excluding hydrogens is 256 g/mol. The third-order valence-electron chi connectivity index (χ3n) is 3.85. The van der Waals surface area contributed by atoms with E-state index in [4.69, 9.17) is 11.6 Å². The summed E-state index contributed by atoms with van der Waals surface area (Å²) < 4.78 is 0. The Bertz CT molecular complexity index is 518. The molecule has 0 bridgehead atoms. The number of aliphatic hydroxyl groups is 1. The van der Waals surface area contributed by atoms with Crippen molar-refractivity contribution in [1.29, 1.82) is 0 Å². The highest BCUT2D eigenvalue weighted by molar-refractivity contribution is 6.31. The average molecular weight is 275 g/mol. The molecule has 19 heavy (non-hydrogen) atoms. The molecule has 2 heteroatoms. The molecule has 0 aliphatic rings. The average Bonchev–Trinajstić information content (AvgIpc) is 2.48. The number of hydrogen-bond donors (Lipinski definition) is 1. The van der Waals surface area contributed by atoms with Crippen molar-refractivity contribution < 1.29 is 5.11 Å². The number of hydrogen-bond acceptors (Lipinski definition) is 1. The van der Waals surface area contributed by atoms with Gasteiger partial charge in [-0.05, 0) is 30.0 Å². The van der Waals surface area contributed by atoms with Crippen molar-refractivity contribution in [2.45, 2.75) is 25.2 Å². The number of aliphatic hydroxyl groups excluding tert-OH is 1. The third kappa shape index (κ3) is 2.99. The van der Waals surface area contributed by atoms with E-state index in [9.17, 15) is 5.11 Å². The fourth-order valence-corrected chi connectivity index (χ4v) is 2.69. The molecule has 0 radical (unpaired) electrons. The van der Waals surface area contributed by atoms with E-state index in [1.807, 2.05) is 42.5 Å². The second-order valence-electron chi connectivity index (χ2n) is 4.93. The van der Waals surface area contributed by atoms with Crippen LogP contribution >= 0.6 is 11.6 Å². The summed E-state index contributed by atoms with van der Waals surface area (Å²) in [6.07, 6.45) is 1.63. The first-order valence-electron chi connectivity index (χ1n) is 6.61. The van der Waals surface area contributed by atoms with Gasteiger partial charge in [-0.2, -0.15) is 0 Å². The van der Waals surface area contributed by atoms with E-state index in [-0.39, 0.29) is 12.0 Å². The van der Waals surface area contributed by atoms with Gasteiger partial charge in [0.05, 0.1) is 6.61 Å². The van der Waals surface area contributed by atoms with Crippen LogP contribution in [0.1, 0.15) is 24.5 Å². The van der Waals surface area contributed by atoms with Crippen molar-refractivity contribution in [2.75, 3.05) is 6.61 Å². The Morgan fingerprint density at radius 1 is 1.00 bits per heavy atom. The molecule has 0 aromatic heterocycles. The van der Waals surface area contributed by atoms with Gasteiger partial charge < -0.3 is 5.11 Å². The van der Waals surface area contributed by atoms with Crippen LogP contribution in [0.25, 0.3) is 0 Å². The van der Waals surface area contributed by atoms with Crippen LogP contribution in [0.5, 0.6) is 0 Å². The van der Waals surface area contributed by atoms with E-state index in [0.29, 0.717) is 0 Å². The molecule has 2 rings (SSSR count). The van der Waals surface area contributed by atoms with Crippen LogP contribution in [-0.2, 0) is 11.8 Å². The van der Waals surface area contributed by atoms with Gasteiger partial charge in [0.2, 0.25) is 0 Å². The largest absolute Gasteiger partial charge is 0.395 e. The second kappa shape index (κ2) is 6.23. The molecule has 0 heterocycles. The Labute approximate surface area is 119 Å². The molecule has 1 nitrogen and oxygen atoms in total. The number of rotatable bonds is 5. The van der Waals surface area contributed by atoms with Crippen LogP contribution < -0.4 is 0 Å². The summed E-state index contributed by atoms with van der Waals surface area (Å²) >= 11 is 6.25. The lowest BCUT2D eigenvalue weighted by Gasteiger charge is -2.32. The van der Waals surface area contributed by atoms with E-state index in [1.54, 1.807) is 0 Å². The normalized spacial score (nSPS) is 14.1. The van der Waals surface area contributed by atoms with E-state index < -0.39 is 0 Å².